The van der Waals surface area contributed by atoms with Gasteiger partial charge < -0.3 is 4.57 Å². The standard InChI is InChI=1S/C21H21Br2N3O2S/c1-25-13-21(24-14-25)29(27,28)26-11-16(10-15-6-2-4-8-19(15)22)18(12-26)17-7-3-5-9-20(17)23/h2-9,13-14,16,18H,10-12H2,1H3. The van der Waals surface area contributed by atoms with Gasteiger partial charge in [-0.1, -0.05) is 68.3 Å². The molecule has 0 radical (unpaired) electrons. The van der Waals surface area contributed by atoms with Gasteiger partial charge in [0.2, 0.25) is 0 Å². The summed E-state index contributed by atoms with van der Waals surface area (Å²) in [6.07, 6.45) is 3.87. The summed E-state index contributed by atoms with van der Waals surface area (Å²) in [7, 11) is -1.86. The second-order valence-electron chi connectivity index (χ2n) is 7.38. The quantitative estimate of drug-likeness (QED) is 0.477. The van der Waals surface area contributed by atoms with Gasteiger partial charge in [0, 0.05) is 41.2 Å². The fraction of sp³-hybridized carbons (Fsp3) is 0.286. The lowest BCUT2D eigenvalue weighted by molar-refractivity contribution is 0.453. The van der Waals surface area contributed by atoms with Gasteiger partial charge >= 0.3 is 0 Å². The molecule has 1 saturated heterocycles. The predicted molar refractivity (Wildman–Crippen MR) is 120 cm³/mol. The Labute approximate surface area is 188 Å². The Kier molecular flexibility index (Phi) is 5.97. The van der Waals surface area contributed by atoms with Crippen LogP contribution in [0.2, 0.25) is 0 Å². The van der Waals surface area contributed by atoms with Crippen LogP contribution in [-0.2, 0) is 23.5 Å². The highest BCUT2D eigenvalue weighted by Crippen LogP contribution is 2.40. The van der Waals surface area contributed by atoms with E-state index in [9.17, 15) is 8.42 Å². The highest BCUT2D eigenvalue weighted by atomic mass is 79.9. The number of imidazole rings is 1. The van der Waals surface area contributed by atoms with E-state index in [2.05, 4.69) is 49.0 Å². The number of hydrogen-bond donors (Lipinski definition) is 0. The van der Waals surface area contributed by atoms with Crippen LogP contribution in [0.15, 0.2) is 75.0 Å². The molecule has 1 aliphatic rings. The summed E-state index contributed by atoms with van der Waals surface area (Å²) in [5, 5.41) is 0.104. The van der Waals surface area contributed by atoms with E-state index in [1.807, 2.05) is 36.4 Å². The number of aryl methyl sites for hydroxylation is 1. The van der Waals surface area contributed by atoms with Crippen molar-refractivity contribution < 1.29 is 8.42 Å². The Balaban J connectivity index is 1.69. The number of hydrogen-bond acceptors (Lipinski definition) is 3. The Hall–Kier alpha value is -1.48. The van der Waals surface area contributed by atoms with Gasteiger partial charge in [-0.05, 0) is 35.6 Å². The summed E-state index contributed by atoms with van der Waals surface area (Å²) in [5.41, 5.74) is 2.33. The van der Waals surface area contributed by atoms with Crippen molar-refractivity contribution in [1.29, 1.82) is 0 Å². The average molecular weight is 539 g/mol. The molecule has 5 nitrogen and oxygen atoms in total. The number of benzene rings is 2. The van der Waals surface area contributed by atoms with Gasteiger partial charge in [0.15, 0.2) is 5.03 Å². The summed E-state index contributed by atoms with van der Waals surface area (Å²) in [6, 6.07) is 16.2. The van der Waals surface area contributed by atoms with E-state index in [0.29, 0.717) is 13.1 Å². The highest BCUT2D eigenvalue weighted by molar-refractivity contribution is 9.10. The topological polar surface area (TPSA) is 55.2 Å². The van der Waals surface area contributed by atoms with E-state index in [-0.39, 0.29) is 16.9 Å². The molecule has 1 aromatic heterocycles. The zero-order chi connectivity index (χ0) is 20.6. The Bertz CT molecular complexity index is 1130. The second-order valence-corrected chi connectivity index (χ2v) is 11.0. The number of aromatic nitrogens is 2. The van der Waals surface area contributed by atoms with Crippen molar-refractivity contribution in [3.05, 3.63) is 81.1 Å². The van der Waals surface area contributed by atoms with Crippen LogP contribution in [0.5, 0.6) is 0 Å². The third kappa shape index (κ3) is 4.21. The minimum atomic E-state index is -3.63. The minimum Gasteiger partial charge on any atom is -0.339 e. The molecule has 29 heavy (non-hydrogen) atoms. The maximum Gasteiger partial charge on any atom is 0.262 e. The Morgan fingerprint density at radius 3 is 2.38 bits per heavy atom. The molecule has 152 valence electrons. The minimum absolute atomic E-state index is 0.0937. The molecule has 0 aliphatic carbocycles. The molecule has 0 amide bonds. The third-order valence-electron chi connectivity index (χ3n) is 5.44. The number of rotatable bonds is 5. The molecule has 0 spiro atoms. The maximum atomic E-state index is 13.2. The molecule has 3 aromatic rings. The third-order valence-corrected chi connectivity index (χ3v) is 8.65. The average Bonchev–Trinajstić information content (AvgIpc) is 3.31. The first kappa shape index (κ1) is 20.8. The van der Waals surface area contributed by atoms with E-state index in [4.69, 9.17) is 0 Å². The van der Waals surface area contributed by atoms with Crippen LogP contribution in [0.25, 0.3) is 0 Å². The van der Waals surface area contributed by atoms with Crippen LogP contribution in [0.1, 0.15) is 17.0 Å². The van der Waals surface area contributed by atoms with Gasteiger partial charge in [-0.15, -0.1) is 0 Å². The Morgan fingerprint density at radius 1 is 1.03 bits per heavy atom. The first-order chi connectivity index (χ1) is 13.9. The molecular formula is C21H21Br2N3O2S. The summed E-state index contributed by atoms with van der Waals surface area (Å²) < 4.78 is 31.7. The molecule has 2 aromatic carbocycles. The summed E-state index contributed by atoms with van der Waals surface area (Å²) in [6.45, 7) is 0.906. The monoisotopic (exact) mass is 537 g/mol. The molecule has 0 bridgehead atoms. The van der Waals surface area contributed by atoms with Gasteiger partial charge in [0.05, 0.1) is 6.33 Å². The smallest absolute Gasteiger partial charge is 0.262 e. The zero-order valence-electron chi connectivity index (χ0n) is 15.9. The summed E-state index contributed by atoms with van der Waals surface area (Å²) >= 11 is 7.29. The van der Waals surface area contributed by atoms with Crippen LogP contribution in [0.4, 0.5) is 0 Å². The van der Waals surface area contributed by atoms with Crippen LogP contribution >= 0.6 is 31.9 Å². The van der Waals surface area contributed by atoms with Crippen molar-refractivity contribution in [2.45, 2.75) is 17.4 Å². The number of nitrogens with zero attached hydrogens (tertiary/aromatic N) is 3. The highest BCUT2D eigenvalue weighted by Gasteiger charge is 2.41. The predicted octanol–water partition coefficient (Wildman–Crippen LogP) is 4.59. The first-order valence-corrected chi connectivity index (χ1v) is 12.3. The molecule has 0 saturated carbocycles. The summed E-state index contributed by atoms with van der Waals surface area (Å²) in [5.74, 6) is 0.252. The van der Waals surface area contributed by atoms with Crippen molar-refractivity contribution in [3.63, 3.8) is 0 Å². The van der Waals surface area contributed by atoms with E-state index in [1.54, 1.807) is 22.1 Å². The fourth-order valence-corrected chi connectivity index (χ4v) is 6.48. The molecule has 4 rings (SSSR count). The first-order valence-electron chi connectivity index (χ1n) is 9.32. The molecule has 2 heterocycles. The molecule has 1 fully saturated rings. The van der Waals surface area contributed by atoms with Crippen molar-refractivity contribution in [2.75, 3.05) is 13.1 Å². The van der Waals surface area contributed by atoms with Crippen LogP contribution < -0.4 is 0 Å². The van der Waals surface area contributed by atoms with Gasteiger partial charge in [0.1, 0.15) is 0 Å². The lowest BCUT2D eigenvalue weighted by Gasteiger charge is -2.20. The zero-order valence-corrected chi connectivity index (χ0v) is 19.9. The van der Waals surface area contributed by atoms with Gasteiger partial charge in [-0.25, -0.2) is 13.4 Å². The molecule has 2 unspecified atom stereocenters. The van der Waals surface area contributed by atoms with Crippen LogP contribution in [-0.4, -0.2) is 35.4 Å². The number of sulfonamides is 1. The largest absolute Gasteiger partial charge is 0.339 e. The second kappa shape index (κ2) is 8.34. The van der Waals surface area contributed by atoms with Crippen molar-refractivity contribution in [2.24, 2.45) is 13.0 Å². The Morgan fingerprint density at radius 2 is 1.72 bits per heavy atom. The van der Waals surface area contributed by atoms with E-state index in [1.165, 1.54) is 11.9 Å². The maximum absolute atomic E-state index is 13.2. The molecule has 1 aliphatic heterocycles. The molecule has 0 N–H and O–H groups in total. The lowest BCUT2D eigenvalue weighted by Crippen LogP contribution is -2.29. The van der Waals surface area contributed by atoms with Crippen LogP contribution in [0.3, 0.4) is 0 Å². The van der Waals surface area contributed by atoms with Crippen molar-refractivity contribution in [3.8, 4) is 0 Å². The van der Waals surface area contributed by atoms with Crippen LogP contribution in [0, 0.1) is 5.92 Å². The fourth-order valence-electron chi connectivity index (χ4n) is 3.96. The van der Waals surface area contributed by atoms with Crippen molar-refractivity contribution >= 4 is 41.9 Å². The number of halogens is 2. The lowest BCUT2D eigenvalue weighted by atomic mass is 9.85. The van der Waals surface area contributed by atoms with Gasteiger partial charge in [-0.3, -0.25) is 0 Å². The molecule has 2 atom stereocenters. The SMILES string of the molecule is Cn1cnc(S(=O)(=O)N2CC(Cc3ccccc3Br)C(c3ccccc3Br)C2)c1. The van der Waals surface area contributed by atoms with E-state index in [0.717, 1.165) is 20.9 Å². The molecular weight excluding hydrogens is 518 g/mol. The van der Waals surface area contributed by atoms with E-state index < -0.39 is 10.0 Å². The van der Waals surface area contributed by atoms with E-state index >= 15 is 0 Å². The van der Waals surface area contributed by atoms with Gasteiger partial charge in [-0.2, -0.15) is 4.31 Å². The van der Waals surface area contributed by atoms with Crippen molar-refractivity contribution in [1.82, 2.24) is 13.9 Å². The molecule has 8 heteroatoms. The summed E-state index contributed by atoms with van der Waals surface area (Å²) in [4.78, 5) is 4.09. The normalized spacial score (nSPS) is 20.2. The van der Waals surface area contributed by atoms with Gasteiger partial charge in [0.25, 0.3) is 10.0 Å².